The van der Waals surface area contributed by atoms with E-state index in [9.17, 15) is 8.42 Å². The average Bonchev–Trinajstić information content (AvgIpc) is 3.04. The first-order chi connectivity index (χ1) is 12.5. The van der Waals surface area contributed by atoms with E-state index >= 15 is 0 Å². The van der Waals surface area contributed by atoms with Crippen LogP contribution >= 0.6 is 0 Å². The van der Waals surface area contributed by atoms with Crippen molar-refractivity contribution in [2.75, 3.05) is 6.54 Å². The van der Waals surface area contributed by atoms with Crippen molar-refractivity contribution in [2.45, 2.75) is 50.5 Å². The SMILES string of the molecule is CCCCC1CN=C(Cc2ccccc2)N1S(=O)(=O)c1ccc(C)cc1. The van der Waals surface area contributed by atoms with Gasteiger partial charge in [0.15, 0.2) is 0 Å². The highest BCUT2D eigenvalue weighted by atomic mass is 32.2. The lowest BCUT2D eigenvalue weighted by atomic mass is 10.1. The van der Waals surface area contributed by atoms with Crippen molar-refractivity contribution in [3.05, 3.63) is 65.7 Å². The Labute approximate surface area is 156 Å². The van der Waals surface area contributed by atoms with Gasteiger partial charge < -0.3 is 0 Å². The molecular weight excluding hydrogens is 344 g/mol. The number of amidine groups is 1. The van der Waals surface area contributed by atoms with Crippen LogP contribution in [-0.2, 0) is 16.4 Å². The van der Waals surface area contributed by atoms with Gasteiger partial charge in [-0.1, -0.05) is 67.8 Å². The first kappa shape index (κ1) is 18.6. The molecule has 2 aromatic carbocycles. The standard InChI is InChI=1S/C21H26N2O2S/c1-3-4-10-19-16-22-21(15-18-8-6-5-7-9-18)23(19)26(24,25)20-13-11-17(2)12-14-20/h5-9,11-14,19H,3-4,10,15-16H2,1-2H3. The molecule has 1 atom stereocenters. The van der Waals surface area contributed by atoms with Crippen LogP contribution in [0.15, 0.2) is 64.5 Å². The van der Waals surface area contributed by atoms with Gasteiger partial charge >= 0.3 is 0 Å². The van der Waals surface area contributed by atoms with Crippen molar-refractivity contribution >= 4 is 15.9 Å². The zero-order valence-corrected chi connectivity index (χ0v) is 16.2. The van der Waals surface area contributed by atoms with Crippen LogP contribution < -0.4 is 0 Å². The van der Waals surface area contributed by atoms with Gasteiger partial charge in [-0.2, -0.15) is 0 Å². The van der Waals surface area contributed by atoms with E-state index in [2.05, 4.69) is 11.9 Å². The Morgan fingerprint density at radius 3 is 2.42 bits per heavy atom. The minimum Gasteiger partial charge on any atom is -0.269 e. The molecular formula is C21H26N2O2S. The quantitative estimate of drug-likeness (QED) is 0.733. The molecule has 0 bridgehead atoms. The van der Waals surface area contributed by atoms with Gasteiger partial charge in [0, 0.05) is 6.42 Å². The van der Waals surface area contributed by atoms with Gasteiger partial charge in [-0.05, 0) is 31.0 Å². The molecule has 0 amide bonds. The number of sulfonamides is 1. The second-order valence-corrected chi connectivity index (χ2v) is 8.64. The summed E-state index contributed by atoms with van der Waals surface area (Å²) < 4.78 is 28.3. The molecule has 26 heavy (non-hydrogen) atoms. The van der Waals surface area contributed by atoms with Crippen LogP contribution in [0.25, 0.3) is 0 Å². The van der Waals surface area contributed by atoms with E-state index in [4.69, 9.17) is 0 Å². The number of rotatable bonds is 7. The molecule has 1 aliphatic rings. The summed E-state index contributed by atoms with van der Waals surface area (Å²) in [5, 5.41) is 0. The molecule has 2 aromatic rings. The Kier molecular flexibility index (Phi) is 5.77. The Hall–Kier alpha value is -2.14. The largest absolute Gasteiger partial charge is 0.269 e. The van der Waals surface area contributed by atoms with E-state index in [1.165, 1.54) is 0 Å². The third-order valence-corrected chi connectivity index (χ3v) is 6.64. The average molecular weight is 371 g/mol. The van der Waals surface area contributed by atoms with Gasteiger partial charge in [-0.25, -0.2) is 12.7 Å². The number of hydrogen-bond donors (Lipinski definition) is 0. The Morgan fingerprint density at radius 2 is 1.77 bits per heavy atom. The summed E-state index contributed by atoms with van der Waals surface area (Å²) in [7, 11) is -3.60. The molecule has 0 spiro atoms. The fourth-order valence-corrected chi connectivity index (χ4v) is 4.96. The predicted octanol–water partition coefficient (Wildman–Crippen LogP) is 4.20. The van der Waals surface area contributed by atoms with Crippen molar-refractivity contribution in [1.29, 1.82) is 0 Å². The molecule has 5 heteroatoms. The van der Waals surface area contributed by atoms with E-state index in [0.717, 1.165) is 30.4 Å². The maximum atomic E-state index is 13.4. The molecule has 0 fully saturated rings. The van der Waals surface area contributed by atoms with Crippen molar-refractivity contribution in [3.63, 3.8) is 0 Å². The van der Waals surface area contributed by atoms with Crippen LogP contribution in [0.3, 0.4) is 0 Å². The van der Waals surface area contributed by atoms with Gasteiger partial charge in [-0.3, -0.25) is 4.99 Å². The Balaban J connectivity index is 1.93. The smallest absolute Gasteiger partial charge is 0.265 e. The predicted molar refractivity (Wildman–Crippen MR) is 106 cm³/mol. The molecule has 138 valence electrons. The van der Waals surface area contributed by atoms with E-state index in [1.54, 1.807) is 16.4 Å². The second-order valence-electron chi connectivity index (χ2n) is 6.83. The van der Waals surface area contributed by atoms with E-state index in [0.29, 0.717) is 23.7 Å². The molecule has 1 unspecified atom stereocenters. The van der Waals surface area contributed by atoms with Crippen LogP contribution in [-0.4, -0.2) is 31.1 Å². The summed E-state index contributed by atoms with van der Waals surface area (Å²) in [5.41, 5.74) is 2.12. The highest BCUT2D eigenvalue weighted by Crippen LogP contribution is 2.27. The molecule has 0 saturated carbocycles. The fraction of sp³-hybridized carbons (Fsp3) is 0.381. The van der Waals surface area contributed by atoms with Crippen LogP contribution in [0.5, 0.6) is 0 Å². The zero-order valence-electron chi connectivity index (χ0n) is 15.4. The molecule has 0 saturated heterocycles. The topological polar surface area (TPSA) is 49.7 Å². The third kappa shape index (κ3) is 3.98. The normalized spacial score (nSPS) is 17.4. The van der Waals surface area contributed by atoms with E-state index in [1.807, 2.05) is 49.4 Å². The highest BCUT2D eigenvalue weighted by Gasteiger charge is 2.37. The van der Waals surface area contributed by atoms with E-state index < -0.39 is 10.0 Å². The maximum Gasteiger partial charge on any atom is 0.265 e. The van der Waals surface area contributed by atoms with Gasteiger partial charge in [0.25, 0.3) is 10.0 Å². The van der Waals surface area contributed by atoms with Crippen molar-refractivity contribution in [3.8, 4) is 0 Å². The lowest BCUT2D eigenvalue weighted by Gasteiger charge is -2.27. The highest BCUT2D eigenvalue weighted by molar-refractivity contribution is 7.89. The van der Waals surface area contributed by atoms with Crippen LogP contribution in [0.2, 0.25) is 0 Å². The van der Waals surface area contributed by atoms with E-state index in [-0.39, 0.29) is 6.04 Å². The Bertz CT molecular complexity index is 859. The summed E-state index contributed by atoms with van der Waals surface area (Å²) >= 11 is 0. The van der Waals surface area contributed by atoms with Crippen LogP contribution in [0.4, 0.5) is 0 Å². The van der Waals surface area contributed by atoms with Crippen molar-refractivity contribution in [2.24, 2.45) is 4.99 Å². The van der Waals surface area contributed by atoms with Gasteiger partial charge in [0.2, 0.25) is 0 Å². The number of aliphatic imine (C=N–C) groups is 1. The summed E-state index contributed by atoms with van der Waals surface area (Å²) in [6.07, 6.45) is 3.42. The molecule has 1 aliphatic heterocycles. The molecule has 1 heterocycles. The minimum atomic E-state index is -3.60. The number of nitrogens with zero attached hydrogens (tertiary/aromatic N) is 2. The number of hydrogen-bond acceptors (Lipinski definition) is 3. The summed E-state index contributed by atoms with van der Waals surface area (Å²) in [5.74, 6) is 0.651. The molecule has 3 rings (SSSR count). The lowest BCUT2D eigenvalue weighted by molar-refractivity contribution is 0.423. The first-order valence-electron chi connectivity index (χ1n) is 9.20. The summed E-state index contributed by atoms with van der Waals surface area (Å²) in [6, 6.07) is 16.9. The minimum absolute atomic E-state index is 0.0834. The fourth-order valence-electron chi connectivity index (χ4n) is 3.28. The molecule has 0 aliphatic carbocycles. The molecule has 0 aromatic heterocycles. The maximum absolute atomic E-state index is 13.4. The van der Waals surface area contributed by atoms with Crippen LogP contribution in [0.1, 0.15) is 37.3 Å². The lowest BCUT2D eigenvalue weighted by Crippen LogP contribution is -2.42. The van der Waals surface area contributed by atoms with Crippen molar-refractivity contribution < 1.29 is 8.42 Å². The zero-order chi connectivity index (χ0) is 18.6. The number of aryl methyl sites for hydroxylation is 1. The number of unbranched alkanes of at least 4 members (excludes halogenated alkanes) is 1. The summed E-state index contributed by atoms with van der Waals surface area (Å²) in [6.45, 7) is 4.63. The first-order valence-corrected chi connectivity index (χ1v) is 10.6. The second kappa shape index (κ2) is 8.04. The monoisotopic (exact) mass is 370 g/mol. The van der Waals surface area contributed by atoms with Crippen molar-refractivity contribution in [1.82, 2.24) is 4.31 Å². The van der Waals surface area contributed by atoms with Crippen LogP contribution in [0, 0.1) is 6.92 Å². The van der Waals surface area contributed by atoms with Gasteiger partial charge in [0.05, 0.1) is 17.5 Å². The Morgan fingerprint density at radius 1 is 1.08 bits per heavy atom. The molecule has 0 radical (unpaired) electrons. The van der Waals surface area contributed by atoms with Gasteiger partial charge in [0.1, 0.15) is 5.84 Å². The number of benzene rings is 2. The summed E-state index contributed by atoms with van der Waals surface area (Å²) in [4.78, 5) is 4.96. The molecule has 0 N–H and O–H groups in total. The van der Waals surface area contributed by atoms with Gasteiger partial charge in [-0.15, -0.1) is 0 Å². The molecule has 4 nitrogen and oxygen atoms in total. The third-order valence-electron chi connectivity index (χ3n) is 4.74.